The van der Waals surface area contributed by atoms with E-state index in [0.29, 0.717) is 0 Å². The molecule has 1 unspecified atom stereocenters. The van der Waals surface area contributed by atoms with Gasteiger partial charge in [0, 0.05) is 0 Å². The third-order valence-corrected chi connectivity index (χ3v) is 1.69. The average molecular weight is 162 g/mol. The number of aliphatic hydroxyl groups excluding tert-OH is 1. The van der Waals surface area contributed by atoms with Gasteiger partial charge in [-0.05, 0) is 13.0 Å². The van der Waals surface area contributed by atoms with E-state index in [1.54, 1.807) is 0 Å². The minimum absolute atomic E-state index is 0.0678. The Bertz CT molecular complexity index is 98.4. The molecule has 0 rings (SSSR count). The normalized spacial score (nSPS) is 14.5. The van der Waals surface area contributed by atoms with Gasteiger partial charge in [0.15, 0.2) is 6.29 Å². The van der Waals surface area contributed by atoms with E-state index >= 15 is 0 Å². The zero-order valence-electron chi connectivity index (χ0n) is 7.20. The third kappa shape index (κ3) is 4.31. The van der Waals surface area contributed by atoms with Gasteiger partial charge in [0.2, 0.25) is 0 Å². The van der Waals surface area contributed by atoms with Crippen LogP contribution in [0.5, 0.6) is 0 Å². The summed E-state index contributed by atoms with van der Waals surface area (Å²) in [6.45, 7) is 4.88. The highest BCUT2D eigenvalue weighted by Gasteiger charge is 2.12. The lowest BCUT2D eigenvalue weighted by atomic mass is 10.3. The van der Waals surface area contributed by atoms with Crippen molar-refractivity contribution in [3.05, 3.63) is 0 Å². The van der Waals surface area contributed by atoms with Gasteiger partial charge < -0.3 is 15.9 Å². The van der Waals surface area contributed by atoms with Crippen LogP contribution in [0.1, 0.15) is 20.3 Å². The van der Waals surface area contributed by atoms with Gasteiger partial charge in [0.25, 0.3) is 0 Å². The molecule has 0 saturated heterocycles. The SMILES string of the molecule is CCC(N)N(CC)CC(O)O. The van der Waals surface area contributed by atoms with Crippen molar-refractivity contribution in [1.82, 2.24) is 4.90 Å². The van der Waals surface area contributed by atoms with Gasteiger partial charge in [-0.15, -0.1) is 0 Å². The van der Waals surface area contributed by atoms with Crippen molar-refractivity contribution in [3.63, 3.8) is 0 Å². The first kappa shape index (κ1) is 10.8. The Morgan fingerprint density at radius 3 is 2.18 bits per heavy atom. The van der Waals surface area contributed by atoms with Crippen LogP contribution >= 0.6 is 0 Å². The molecule has 0 spiro atoms. The standard InChI is InChI=1S/C7H18N2O2/c1-3-6(8)9(4-2)5-7(10)11/h6-7,10-11H,3-5,8H2,1-2H3. The van der Waals surface area contributed by atoms with Gasteiger partial charge >= 0.3 is 0 Å². The minimum atomic E-state index is -1.28. The fourth-order valence-electron chi connectivity index (χ4n) is 0.967. The molecule has 1 atom stereocenters. The topological polar surface area (TPSA) is 69.7 Å². The van der Waals surface area contributed by atoms with Gasteiger partial charge in [0.05, 0.1) is 12.7 Å². The second kappa shape index (κ2) is 5.49. The predicted octanol–water partition coefficient (Wildman–Crippen LogP) is -0.686. The Balaban J connectivity index is 3.74. The molecule has 0 aromatic carbocycles. The lowest BCUT2D eigenvalue weighted by Gasteiger charge is -2.26. The second-order valence-electron chi connectivity index (χ2n) is 2.54. The summed E-state index contributed by atoms with van der Waals surface area (Å²) in [5.41, 5.74) is 5.68. The molecular formula is C7H18N2O2. The number of nitrogens with zero attached hydrogens (tertiary/aromatic N) is 1. The molecule has 0 bridgehead atoms. The van der Waals surface area contributed by atoms with Crippen LogP contribution in [0.2, 0.25) is 0 Å². The van der Waals surface area contributed by atoms with Crippen LogP contribution in [0.25, 0.3) is 0 Å². The molecule has 68 valence electrons. The summed E-state index contributed by atoms with van der Waals surface area (Å²) in [5, 5.41) is 17.3. The summed E-state index contributed by atoms with van der Waals surface area (Å²) in [4.78, 5) is 1.82. The van der Waals surface area contributed by atoms with E-state index in [2.05, 4.69) is 0 Å². The number of rotatable bonds is 5. The van der Waals surface area contributed by atoms with Gasteiger partial charge in [0.1, 0.15) is 0 Å². The highest BCUT2D eigenvalue weighted by atomic mass is 16.5. The van der Waals surface area contributed by atoms with Crippen LogP contribution in [0, 0.1) is 0 Å². The number of hydrogen-bond acceptors (Lipinski definition) is 4. The van der Waals surface area contributed by atoms with Crippen LogP contribution in [0.3, 0.4) is 0 Å². The Morgan fingerprint density at radius 1 is 1.36 bits per heavy atom. The lowest BCUT2D eigenvalue weighted by Crippen LogP contribution is -2.45. The minimum Gasteiger partial charge on any atom is -0.367 e. The molecular weight excluding hydrogens is 144 g/mol. The van der Waals surface area contributed by atoms with E-state index in [4.69, 9.17) is 15.9 Å². The summed E-state index contributed by atoms with van der Waals surface area (Å²) in [7, 11) is 0. The van der Waals surface area contributed by atoms with Gasteiger partial charge in [-0.25, -0.2) is 0 Å². The van der Waals surface area contributed by atoms with Crippen molar-refractivity contribution in [1.29, 1.82) is 0 Å². The van der Waals surface area contributed by atoms with E-state index in [0.717, 1.165) is 13.0 Å². The summed E-state index contributed by atoms with van der Waals surface area (Å²) in [5.74, 6) is 0. The van der Waals surface area contributed by atoms with E-state index in [1.807, 2.05) is 18.7 Å². The summed E-state index contributed by atoms with van der Waals surface area (Å²) >= 11 is 0. The van der Waals surface area contributed by atoms with Crippen LogP contribution in [-0.2, 0) is 0 Å². The van der Waals surface area contributed by atoms with Crippen LogP contribution in [0.15, 0.2) is 0 Å². The van der Waals surface area contributed by atoms with Gasteiger partial charge in [-0.2, -0.15) is 0 Å². The number of hydrogen-bond donors (Lipinski definition) is 3. The van der Waals surface area contributed by atoms with E-state index in [-0.39, 0.29) is 12.7 Å². The Kier molecular flexibility index (Phi) is 5.41. The molecule has 0 aliphatic heterocycles. The van der Waals surface area contributed by atoms with Crippen molar-refractivity contribution in [2.45, 2.75) is 32.7 Å². The first-order valence-corrected chi connectivity index (χ1v) is 3.97. The van der Waals surface area contributed by atoms with Crippen LogP contribution < -0.4 is 5.73 Å². The molecule has 4 nitrogen and oxygen atoms in total. The lowest BCUT2D eigenvalue weighted by molar-refractivity contribution is -0.0672. The molecule has 0 fully saturated rings. The van der Waals surface area contributed by atoms with Crippen LogP contribution in [0.4, 0.5) is 0 Å². The summed E-state index contributed by atoms with van der Waals surface area (Å²) < 4.78 is 0. The predicted molar refractivity (Wildman–Crippen MR) is 43.7 cm³/mol. The number of nitrogens with two attached hydrogens (primary N) is 1. The largest absolute Gasteiger partial charge is 0.367 e. The molecule has 0 aromatic rings. The zero-order valence-corrected chi connectivity index (χ0v) is 7.20. The Labute approximate surface area is 67.6 Å². The number of aliphatic hydroxyl groups is 2. The van der Waals surface area contributed by atoms with Crippen molar-refractivity contribution >= 4 is 0 Å². The molecule has 11 heavy (non-hydrogen) atoms. The van der Waals surface area contributed by atoms with Gasteiger partial charge in [-0.1, -0.05) is 13.8 Å². The second-order valence-corrected chi connectivity index (χ2v) is 2.54. The fourth-order valence-corrected chi connectivity index (χ4v) is 0.967. The maximum Gasteiger partial charge on any atom is 0.164 e. The maximum atomic E-state index is 8.66. The Morgan fingerprint density at radius 2 is 1.91 bits per heavy atom. The molecule has 0 saturated carbocycles. The molecule has 0 aliphatic carbocycles. The molecule has 0 aliphatic rings. The first-order valence-electron chi connectivity index (χ1n) is 3.97. The number of likely N-dealkylation sites (N-methyl/N-ethyl adjacent to an activating group) is 1. The highest BCUT2D eigenvalue weighted by molar-refractivity contribution is 4.62. The zero-order chi connectivity index (χ0) is 8.85. The van der Waals surface area contributed by atoms with Crippen molar-refractivity contribution < 1.29 is 10.2 Å². The third-order valence-electron chi connectivity index (χ3n) is 1.69. The Hall–Kier alpha value is -0.160. The summed E-state index contributed by atoms with van der Waals surface area (Å²) in [6.07, 6.45) is -0.532. The quantitative estimate of drug-likeness (QED) is 0.468. The molecule has 0 amide bonds. The monoisotopic (exact) mass is 162 g/mol. The molecule has 0 heterocycles. The first-order chi connectivity index (χ1) is 5.11. The summed E-state index contributed by atoms with van der Waals surface area (Å²) in [6, 6.07) is 0. The van der Waals surface area contributed by atoms with Crippen molar-refractivity contribution in [2.75, 3.05) is 13.1 Å². The van der Waals surface area contributed by atoms with Gasteiger partial charge in [-0.3, -0.25) is 4.90 Å². The average Bonchev–Trinajstić information content (AvgIpc) is 1.98. The van der Waals surface area contributed by atoms with E-state index in [1.165, 1.54) is 0 Å². The smallest absolute Gasteiger partial charge is 0.164 e. The molecule has 4 heteroatoms. The fraction of sp³-hybridized carbons (Fsp3) is 1.00. The van der Waals surface area contributed by atoms with Crippen molar-refractivity contribution in [2.24, 2.45) is 5.73 Å². The molecule has 0 radical (unpaired) electrons. The highest BCUT2D eigenvalue weighted by Crippen LogP contribution is 1.97. The van der Waals surface area contributed by atoms with E-state index in [9.17, 15) is 0 Å². The van der Waals surface area contributed by atoms with E-state index < -0.39 is 6.29 Å². The van der Waals surface area contributed by atoms with Crippen LogP contribution in [-0.4, -0.2) is 40.7 Å². The molecule has 0 aromatic heterocycles. The van der Waals surface area contributed by atoms with Crippen molar-refractivity contribution in [3.8, 4) is 0 Å². The maximum absolute atomic E-state index is 8.66. The molecule has 4 N–H and O–H groups in total.